The summed E-state index contributed by atoms with van der Waals surface area (Å²) < 4.78 is 0. The van der Waals surface area contributed by atoms with Crippen molar-refractivity contribution in [3.05, 3.63) is 53.6 Å². The third-order valence-electron chi connectivity index (χ3n) is 3.19. The zero-order valence-electron chi connectivity index (χ0n) is 13.4. The summed E-state index contributed by atoms with van der Waals surface area (Å²) in [5.74, 6) is 0.700. The highest BCUT2D eigenvalue weighted by molar-refractivity contribution is 5.76. The van der Waals surface area contributed by atoms with Gasteiger partial charge in [-0.15, -0.1) is 0 Å². The quantitative estimate of drug-likeness (QED) is 0.777. The van der Waals surface area contributed by atoms with E-state index in [9.17, 15) is 0 Å². The van der Waals surface area contributed by atoms with Crippen LogP contribution in [0.5, 0.6) is 0 Å². The Morgan fingerprint density at radius 2 is 1.85 bits per heavy atom. The van der Waals surface area contributed by atoms with Crippen LogP contribution in [-0.2, 0) is 6.54 Å². The van der Waals surface area contributed by atoms with E-state index in [0.717, 1.165) is 13.1 Å². The Bertz CT molecular complexity index is 441. The molecular formula is C19H29N. The highest BCUT2D eigenvalue weighted by atomic mass is 14.8. The van der Waals surface area contributed by atoms with Crippen molar-refractivity contribution < 1.29 is 0 Å². The molecule has 0 unspecified atom stereocenters. The number of hydrogen-bond donors (Lipinski definition) is 1. The van der Waals surface area contributed by atoms with E-state index < -0.39 is 0 Å². The first-order valence-electron chi connectivity index (χ1n) is 7.93. The molecule has 0 fully saturated rings. The number of benzene rings is 1. The Morgan fingerprint density at radius 3 is 2.50 bits per heavy atom. The Balaban J connectivity index is 0.000000956. The van der Waals surface area contributed by atoms with Gasteiger partial charge in [0.05, 0.1) is 0 Å². The normalized spacial score (nSPS) is 13.8. The molecule has 0 aromatic heterocycles. The van der Waals surface area contributed by atoms with E-state index in [1.807, 2.05) is 13.8 Å². The van der Waals surface area contributed by atoms with Gasteiger partial charge < -0.3 is 5.32 Å². The van der Waals surface area contributed by atoms with Gasteiger partial charge in [0.15, 0.2) is 0 Å². The van der Waals surface area contributed by atoms with E-state index >= 15 is 0 Å². The van der Waals surface area contributed by atoms with E-state index in [1.165, 1.54) is 29.5 Å². The SMILES string of the molecule is CC.CC(C)CNCc1ccccc1C1=CCCC=C1. The van der Waals surface area contributed by atoms with Crippen LogP contribution in [0.4, 0.5) is 0 Å². The summed E-state index contributed by atoms with van der Waals surface area (Å²) in [6.07, 6.45) is 9.22. The van der Waals surface area contributed by atoms with Gasteiger partial charge in [-0.25, -0.2) is 0 Å². The van der Waals surface area contributed by atoms with Gasteiger partial charge in [0.1, 0.15) is 0 Å². The van der Waals surface area contributed by atoms with Gasteiger partial charge in [-0.05, 0) is 42.0 Å². The molecule has 0 amide bonds. The molecule has 1 heteroatoms. The van der Waals surface area contributed by atoms with Crippen LogP contribution in [0.2, 0.25) is 0 Å². The first kappa shape index (κ1) is 16.7. The van der Waals surface area contributed by atoms with Crippen LogP contribution in [0.1, 0.15) is 51.7 Å². The molecule has 0 atom stereocenters. The predicted molar refractivity (Wildman–Crippen MR) is 90.7 cm³/mol. The van der Waals surface area contributed by atoms with Crippen molar-refractivity contribution >= 4 is 5.57 Å². The fraction of sp³-hybridized carbons (Fsp3) is 0.474. The monoisotopic (exact) mass is 271 g/mol. The summed E-state index contributed by atoms with van der Waals surface area (Å²) in [5.41, 5.74) is 4.16. The lowest BCUT2D eigenvalue weighted by atomic mass is 9.95. The molecule has 0 saturated heterocycles. The van der Waals surface area contributed by atoms with Crippen LogP contribution in [0.25, 0.3) is 5.57 Å². The first-order chi connectivity index (χ1) is 9.77. The average Bonchev–Trinajstić information content (AvgIpc) is 2.50. The van der Waals surface area contributed by atoms with Gasteiger partial charge in [-0.3, -0.25) is 0 Å². The van der Waals surface area contributed by atoms with Gasteiger partial charge in [-0.1, -0.05) is 70.2 Å². The minimum absolute atomic E-state index is 0.700. The van der Waals surface area contributed by atoms with E-state index in [-0.39, 0.29) is 0 Å². The summed E-state index contributed by atoms with van der Waals surface area (Å²) in [6, 6.07) is 8.72. The molecule has 1 aromatic carbocycles. The Kier molecular flexibility index (Phi) is 7.98. The highest BCUT2D eigenvalue weighted by Crippen LogP contribution is 2.24. The van der Waals surface area contributed by atoms with Gasteiger partial charge in [0.2, 0.25) is 0 Å². The number of nitrogens with one attached hydrogen (secondary N) is 1. The van der Waals surface area contributed by atoms with Crippen molar-refractivity contribution in [3.63, 3.8) is 0 Å². The third kappa shape index (κ3) is 5.34. The minimum atomic E-state index is 0.700. The number of allylic oxidation sites excluding steroid dienone is 4. The number of rotatable bonds is 5. The summed E-state index contributed by atoms with van der Waals surface area (Å²) in [5, 5.41) is 3.53. The average molecular weight is 271 g/mol. The van der Waals surface area contributed by atoms with Gasteiger partial charge in [0, 0.05) is 6.54 Å². The predicted octanol–water partition coefficient (Wildman–Crippen LogP) is 5.19. The molecule has 0 aliphatic heterocycles. The van der Waals surface area contributed by atoms with E-state index in [4.69, 9.17) is 0 Å². The van der Waals surface area contributed by atoms with Crippen molar-refractivity contribution in [2.45, 2.75) is 47.1 Å². The number of hydrogen-bond acceptors (Lipinski definition) is 1. The maximum atomic E-state index is 3.53. The second-order valence-electron chi connectivity index (χ2n) is 5.32. The molecule has 1 aliphatic carbocycles. The van der Waals surface area contributed by atoms with Crippen LogP contribution >= 0.6 is 0 Å². The molecule has 0 spiro atoms. The molecule has 0 bridgehead atoms. The lowest BCUT2D eigenvalue weighted by Gasteiger charge is -2.14. The van der Waals surface area contributed by atoms with Crippen LogP contribution in [0, 0.1) is 5.92 Å². The van der Waals surface area contributed by atoms with Crippen molar-refractivity contribution in [1.82, 2.24) is 5.32 Å². The molecule has 1 aliphatic rings. The zero-order chi connectivity index (χ0) is 14.8. The summed E-state index contributed by atoms with van der Waals surface area (Å²) in [6.45, 7) is 10.5. The molecule has 1 N–H and O–H groups in total. The van der Waals surface area contributed by atoms with Crippen LogP contribution in [-0.4, -0.2) is 6.54 Å². The van der Waals surface area contributed by atoms with E-state index in [0.29, 0.717) is 5.92 Å². The summed E-state index contributed by atoms with van der Waals surface area (Å²) >= 11 is 0. The van der Waals surface area contributed by atoms with Crippen molar-refractivity contribution in [1.29, 1.82) is 0 Å². The lowest BCUT2D eigenvalue weighted by molar-refractivity contribution is 0.552. The summed E-state index contributed by atoms with van der Waals surface area (Å²) in [7, 11) is 0. The second kappa shape index (κ2) is 9.55. The van der Waals surface area contributed by atoms with Crippen molar-refractivity contribution in [2.24, 2.45) is 5.92 Å². The Hall–Kier alpha value is -1.34. The molecular weight excluding hydrogens is 242 g/mol. The second-order valence-corrected chi connectivity index (χ2v) is 5.32. The highest BCUT2D eigenvalue weighted by Gasteiger charge is 2.06. The van der Waals surface area contributed by atoms with Gasteiger partial charge in [-0.2, -0.15) is 0 Å². The first-order valence-corrected chi connectivity index (χ1v) is 7.93. The minimum Gasteiger partial charge on any atom is -0.312 e. The molecule has 1 aromatic rings. The fourth-order valence-corrected chi connectivity index (χ4v) is 2.26. The lowest BCUT2D eigenvalue weighted by Crippen LogP contribution is -2.19. The molecule has 110 valence electrons. The molecule has 2 rings (SSSR count). The largest absolute Gasteiger partial charge is 0.312 e. The van der Waals surface area contributed by atoms with E-state index in [2.05, 4.69) is 61.7 Å². The molecule has 1 nitrogen and oxygen atoms in total. The van der Waals surface area contributed by atoms with Crippen molar-refractivity contribution in [2.75, 3.05) is 6.54 Å². The van der Waals surface area contributed by atoms with Crippen LogP contribution in [0.15, 0.2) is 42.5 Å². The van der Waals surface area contributed by atoms with Gasteiger partial charge >= 0.3 is 0 Å². The smallest absolute Gasteiger partial charge is 0.0211 e. The Morgan fingerprint density at radius 1 is 1.10 bits per heavy atom. The van der Waals surface area contributed by atoms with Crippen molar-refractivity contribution in [3.8, 4) is 0 Å². The molecule has 0 radical (unpaired) electrons. The van der Waals surface area contributed by atoms with Gasteiger partial charge in [0.25, 0.3) is 0 Å². The summed E-state index contributed by atoms with van der Waals surface area (Å²) in [4.78, 5) is 0. The molecule has 0 saturated carbocycles. The topological polar surface area (TPSA) is 12.0 Å². The standard InChI is InChI=1S/C17H23N.C2H6/c1-14(2)12-18-13-16-10-6-7-11-17(16)15-8-4-3-5-9-15;1-2/h4,6-11,14,18H,3,5,12-13H2,1-2H3;1-2H3. The molecule has 20 heavy (non-hydrogen) atoms. The fourth-order valence-electron chi connectivity index (χ4n) is 2.26. The van der Waals surface area contributed by atoms with Crippen LogP contribution < -0.4 is 5.32 Å². The maximum absolute atomic E-state index is 3.53. The van der Waals surface area contributed by atoms with Crippen LogP contribution in [0.3, 0.4) is 0 Å². The maximum Gasteiger partial charge on any atom is 0.0211 e. The van der Waals surface area contributed by atoms with E-state index in [1.54, 1.807) is 0 Å². The third-order valence-corrected chi connectivity index (χ3v) is 3.19. The molecule has 0 heterocycles. The zero-order valence-corrected chi connectivity index (χ0v) is 13.4. The Labute approximate surface area is 124 Å².